The number of carbonyl (C=O) groups is 3. The van der Waals surface area contributed by atoms with Gasteiger partial charge in [0.15, 0.2) is 0 Å². The van der Waals surface area contributed by atoms with Crippen LogP contribution in [0.1, 0.15) is 28.4 Å². The van der Waals surface area contributed by atoms with Crippen LogP contribution in [-0.2, 0) is 9.59 Å². The summed E-state index contributed by atoms with van der Waals surface area (Å²) in [7, 11) is 0. The number of amides is 2. The summed E-state index contributed by atoms with van der Waals surface area (Å²) in [6.45, 7) is 4.27. The van der Waals surface area contributed by atoms with Crippen LogP contribution in [0.5, 0.6) is 11.5 Å². The van der Waals surface area contributed by atoms with Crippen LogP contribution in [0.2, 0.25) is 0 Å². The number of hydrazone groups is 1. The zero-order valence-electron chi connectivity index (χ0n) is 18.5. The van der Waals surface area contributed by atoms with Crippen LogP contribution in [0.4, 0.5) is 5.69 Å². The summed E-state index contributed by atoms with van der Waals surface area (Å²) in [5.41, 5.74) is 4.35. The molecule has 0 aliphatic rings. The summed E-state index contributed by atoms with van der Waals surface area (Å²) < 4.78 is 11.5. The van der Waals surface area contributed by atoms with Crippen LogP contribution in [-0.4, -0.2) is 30.6 Å². The highest BCUT2D eigenvalue weighted by molar-refractivity contribution is 9.10. The van der Waals surface area contributed by atoms with E-state index < -0.39 is 17.8 Å². The van der Waals surface area contributed by atoms with Crippen molar-refractivity contribution in [3.8, 4) is 11.5 Å². The predicted molar refractivity (Wildman–Crippen MR) is 132 cm³/mol. The summed E-state index contributed by atoms with van der Waals surface area (Å²) in [5.74, 6) is -1.48. The van der Waals surface area contributed by atoms with Gasteiger partial charge in [-0.25, -0.2) is 10.2 Å². The number of nitrogens with one attached hydrogen (secondary N) is 2. The van der Waals surface area contributed by atoms with Crippen LogP contribution in [0.25, 0.3) is 0 Å². The maximum absolute atomic E-state index is 12.5. The van der Waals surface area contributed by atoms with E-state index in [-0.39, 0.29) is 5.75 Å². The molecule has 34 heavy (non-hydrogen) atoms. The largest absolute Gasteiger partial charge is 0.494 e. The molecule has 9 heteroatoms. The molecule has 0 fully saturated rings. The Morgan fingerprint density at radius 2 is 1.76 bits per heavy atom. The molecule has 8 nitrogen and oxygen atoms in total. The minimum Gasteiger partial charge on any atom is -0.494 e. The van der Waals surface area contributed by atoms with Crippen molar-refractivity contribution in [3.63, 3.8) is 0 Å². The first-order valence-electron chi connectivity index (χ1n) is 10.3. The van der Waals surface area contributed by atoms with Crippen molar-refractivity contribution in [2.75, 3.05) is 11.9 Å². The lowest BCUT2D eigenvalue weighted by atomic mass is 10.1. The second kappa shape index (κ2) is 11.8. The summed E-state index contributed by atoms with van der Waals surface area (Å²) in [4.78, 5) is 36.7. The van der Waals surface area contributed by atoms with Gasteiger partial charge in [-0.15, -0.1) is 0 Å². The second-order valence-electron chi connectivity index (χ2n) is 7.05. The fourth-order valence-corrected chi connectivity index (χ4v) is 3.22. The molecular formula is C25H22BrN3O5. The Morgan fingerprint density at radius 1 is 1.00 bits per heavy atom. The standard InChI is InChI=1S/C25H22BrN3O5/c1-3-33-21-10-8-20(9-11-21)28-23(30)24(31)29-27-15-18-14-19(26)7-12-22(18)34-25(32)17-6-4-5-16(2)13-17/h4-15H,3H2,1-2H3,(H,28,30)(H,29,31)/b27-15+. The average molecular weight is 524 g/mol. The minimum absolute atomic E-state index is 0.242. The zero-order valence-corrected chi connectivity index (χ0v) is 20.1. The number of halogens is 1. The topological polar surface area (TPSA) is 106 Å². The molecule has 3 rings (SSSR count). The van der Waals surface area contributed by atoms with Crippen molar-refractivity contribution in [2.24, 2.45) is 5.10 Å². The monoisotopic (exact) mass is 523 g/mol. The van der Waals surface area contributed by atoms with Crippen molar-refractivity contribution in [1.29, 1.82) is 0 Å². The molecule has 2 N–H and O–H groups in total. The van der Waals surface area contributed by atoms with Crippen LogP contribution in [0, 0.1) is 6.92 Å². The number of benzene rings is 3. The SMILES string of the molecule is CCOc1ccc(NC(=O)C(=O)N/N=C/c2cc(Br)ccc2OC(=O)c2cccc(C)c2)cc1. The van der Waals surface area contributed by atoms with Crippen molar-refractivity contribution in [1.82, 2.24) is 5.43 Å². The first-order chi connectivity index (χ1) is 16.4. The molecule has 3 aromatic carbocycles. The van der Waals surface area contributed by atoms with Gasteiger partial charge in [0, 0.05) is 15.7 Å². The molecule has 0 aliphatic carbocycles. The molecule has 0 aliphatic heterocycles. The first kappa shape index (κ1) is 24.7. The lowest BCUT2D eigenvalue weighted by molar-refractivity contribution is -0.136. The Bertz CT molecular complexity index is 1230. The molecule has 0 bridgehead atoms. The van der Waals surface area contributed by atoms with Crippen LogP contribution in [0.3, 0.4) is 0 Å². The number of aryl methyl sites for hydroxylation is 1. The molecule has 3 aromatic rings. The normalized spacial score (nSPS) is 10.6. The van der Waals surface area contributed by atoms with E-state index >= 15 is 0 Å². The number of esters is 1. The molecule has 0 aromatic heterocycles. The van der Waals surface area contributed by atoms with Crippen LogP contribution >= 0.6 is 15.9 Å². The summed E-state index contributed by atoms with van der Waals surface area (Å²) >= 11 is 3.35. The Kier molecular flexibility index (Phi) is 8.53. The van der Waals surface area contributed by atoms with Crippen molar-refractivity contribution >= 4 is 45.6 Å². The predicted octanol–water partition coefficient (Wildman–Crippen LogP) is 4.46. The highest BCUT2D eigenvalue weighted by Gasteiger charge is 2.14. The van der Waals surface area contributed by atoms with Gasteiger partial charge in [0.1, 0.15) is 11.5 Å². The molecule has 0 atom stereocenters. The fourth-order valence-electron chi connectivity index (χ4n) is 2.84. The van der Waals surface area contributed by atoms with Gasteiger partial charge >= 0.3 is 17.8 Å². The molecule has 174 valence electrons. The summed E-state index contributed by atoms with van der Waals surface area (Å²) in [6, 6.07) is 18.6. The number of hydrogen-bond donors (Lipinski definition) is 2. The molecule has 0 heterocycles. The van der Waals surface area contributed by atoms with E-state index in [1.54, 1.807) is 60.7 Å². The van der Waals surface area contributed by atoms with Gasteiger partial charge in [0.2, 0.25) is 0 Å². The Morgan fingerprint density at radius 3 is 2.47 bits per heavy atom. The summed E-state index contributed by atoms with van der Waals surface area (Å²) in [6.07, 6.45) is 1.28. The minimum atomic E-state index is -0.960. The third-order valence-electron chi connectivity index (χ3n) is 4.43. The molecular weight excluding hydrogens is 502 g/mol. The van der Waals surface area contributed by atoms with Gasteiger partial charge in [0.25, 0.3) is 0 Å². The van der Waals surface area contributed by atoms with Crippen LogP contribution < -0.4 is 20.2 Å². The number of rotatable bonds is 7. The van der Waals surface area contributed by atoms with Crippen molar-refractivity contribution < 1.29 is 23.9 Å². The van der Waals surface area contributed by atoms with E-state index in [9.17, 15) is 14.4 Å². The van der Waals surface area contributed by atoms with Gasteiger partial charge in [-0.3, -0.25) is 9.59 Å². The maximum Gasteiger partial charge on any atom is 0.343 e. The van der Waals surface area contributed by atoms with Gasteiger partial charge < -0.3 is 14.8 Å². The number of hydrogen-bond acceptors (Lipinski definition) is 6. The third kappa shape index (κ3) is 7.01. The van der Waals surface area contributed by atoms with E-state index in [1.807, 2.05) is 19.9 Å². The quantitative estimate of drug-likeness (QED) is 0.156. The Labute approximate surface area is 205 Å². The van der Waals surface area contributed by atoms with Gasteiger partial charge in [-0.05, 0) is 68.4 Å². The van der Waals surface area contributed by atoms with Gasteiger partial charge in [0.05, 0.1) is 18.4 Å². The van der Waals surface area contributed by atoms with Gasteiger partial charge in [-0.2, -0.15) is 5.10 Å². The van der Waals surface area contributed by atoms with Gasteiger partial charge in [-0.1, -0.05) is 33.6 Å². The Hall–Kier alpha value is -3.98. The average Bonchev–Trinajstić information content (AvgIpc) is 2.82. The van der Waals surface area contributed by atoms with Crippen molar-refractivity contribution in [2.45, 2.75) is 13.8 Å². The number of ether oxygens (including phenoxy) is 2. The van der Waals surface area contributed by atoms with E-state index in [1.165, 1.54) is 6.21 Å². The number of nitrogens with zero attached hydrogens (tertiary/aromatic N) is 1. The first-order valence-corrected chi connectivity index (χ1v) is 11.1. The maximum atomic E-state index is 12.5. The van der Waals surface area contributed by atoms with Crippen LogP contribution in [0.15, 0.2) is 76.3 Å². The Balaban J connectivity index is 1.63. The molecule has 2 amide bonds. The third-order valence-corrected chi connectivity index (χ3v) is 4.92. The van der Waals surface area contributed by atoms with E-state index in [0.717, 1.165) is 5.56 Å². The number of carbonyl (C=O) groups excluding carboxylic acids is 3. The fraction of sp³-hybridized carbons (Fsp3) is 0.120. The summed E-state index contributed by atoms with van der Waals surface area (Å²) in [5, 5.41) is 6.29. The molecule has 0 saturated heterocycles. The molecule has 0 radical (unpaired) electrons. The smallest absolute Gasteiger partial charge is 0.343 e. The number of anilines is 1. The van der Waals surface area contributed by atoms with E-state index in [0.29, 0.717) is 33.6 Å². The van der Waals surface area contributed by atoms with E-state index in [2.05, 4.69) is 31.8 Å². The molecule has 0 saturated carbocycles. The second-order valence-corrected chi connectivity index (χ2v) is 7.97. The van der Waals surface area contributed by atoms with E-state index in [4.69, 9.17) is 9.47 Å². The zero-order chi connectivity index (χ0) is 24.5. The molecule has 0 unspecified atom stereocenters. The molecule has 0 spiro atoms. The highest BCUT2D eigenvalue weighted by Crippen LogP contribution is 2.23. The lowest BCUT2D eigenvalue weighted by Gasteiger charge is -2.09. The highest BCUT2D eigenvalue weighted by atomic mass is 79.9. The lowest BCUT2D eigenvalue weighted by Crippen LogP contribution is -2.32. The van der Waals surface area contributed by atoms with Crippen molar-refractivity contribution in [3.05, 3.63) is 87.9 Å².